The van der Waals surface area contributed by atoms with Crippen LogP contribution in [-0.2, 0) is 0 Å². The third kappa shape index (κ3) is 1.99. The van der Waals surface area contributed by atoms with Gasteiger partial charge in [0, 0.05) is 5.56 Å². The van der Waals surface area contributed by atoms with Crippen LogP contribution in [0.2, 0.25) is 0 Å². The van der Waals surface area contributed by atoms with E-state index in [0.717, 1.165) is 9.48 Å². The zero-order valence-corrected chi connectivity index (χ0v) is 11.9. The summed E-state index contributed by atoms with van der Waals surface area (Å²) < 4.78 is 1.00. The fourth-order valence-corrected chi connectivity index (χ4v) is 3.37. The summed E-state index contributed by atoms with van der Waals surface area (Å²) in [5, 5.41) is 0.598. The number of aromatic nitrogens is 1. The van der Waals surface area contributed by atoms with Crippen molar-refractivity contribution in [3.05, 3.63) is 32.6 Å². The van der Waals surface area contributed by atoms with Crippen molar-refractivity contribution in [1.29, 1.82) is 0 Å². The lowest BCUT2D eigenvalue weighted by Crippen LogP contribution is -1.91. The zero-order valence-electron chi connectivity index (χ0n) is 9.47. The van der Waals surface area contributed by atoms with E-state index in [-0.39, 0.29) is 0 Å². The topological polar surface area (TPSA) is 38.9 Å². The highest BCUT2D eigenvalue weighted by atomic mass is 79.9. The maximum absolute atomic E-state index is 5.72. The van der Waals surface area contributed by atoms with Gasteiger partial charge in [-0.25, -0.2) is 4.98 Å². The lowest BCUT2D eigenvalue weighted by atomic mass is 9.98. The molecule has 2 aromatic rings. The molecule has 0 aliphatic heterocycles. The van der Waals surface area contributed by atoms with E-state index in [1.54, 1.807) is 0 Å². The minimum Gasteiger partial charge on any atom is -0.375 e. The Morgan fingerprint density at radius 2 is 1.75 bits per heavy atom. The third-order valence-electron chi connectivity index (χ3n) is 2.52. The number of thiazole rings is 1. The van der Waals surface area contributed by atoms with Gasteiger partial charge in [0.25, 0.3) is 0 Å². The molecule has 2 rings (SSSR count). The molecule has 16 heavy (non-hydrogen) atoms. The highest BCUT2D eigenvalue weighted by Crippen LogP contribution is 2.37. The second-order valence-corrected chi connectivity index (χ2v) is 6.30. The second kappa shape index (κ2) is 4.18. The molecule has 0 fully saturated rings. The molecule has 4 heteroatoms. The molecule has 0 amide bonds. The van der Waals surface area contributed by atoms with Gasteiger partial charge >= 0.3 is 0 Å². The Morgan fingerprint density at radius 1 is 1.19 bits per heavy atom. The molecule has 0 atom stereocenters. The number of nitrogens with two attached hydrogens (primary N) is 1. The van der Waals surface area contributed by atoms with Crippen molar-refractivity contribution in [1.82, 2.24) is 4.98 Å². The zero-order chi connectivity index (χ0) is 11.9. The summed E-state index contributed by atoms with van der Waals surface area (Å²) in [6, 6.07) is 4.34. The first kappa shape index (κ1) is 11.6. The number of hydrogen-bond donors (Lipinski definition) is 1. The quantitative estimate of drug-likeness (QED) is 0.861. The predicted molar refractivity (Wildman–Crippen MR) is 73.9 cm³/mol. The fraction of sp³-hybridized carbons (Fsp3) is 0.250. The van der Waals surface area contributed by atoms with Gasteiger partial charge in [-0.1, -0.05) is 29.0 Å². The van der Waals surface area contributed by atoms with Gasteiger partial charge in [-0.15, -0.1) is 0 Å². The van der Waals surface area contributed by atoms with Gasteiger partial charge in [0.2, 0.25) is 0 Å². The molecule has 0 aliphatic rings. The van der Waals surface area contributed by atoms with E-state index in [0.29, 0.717) is 5.13 Å². The van der Waals surface area contributed by atoms with Gasteiger partial charge in [0.1, 0.15) is 0 Å². The lowest BCUT2D eigenvalue weighted by molar-refractivity contribution is 1.29. The summed E-state index contributed by atoms with van der Waals surface area (Å²) in [5.41, 5.74) is 11.6. The maximum atomic E-state index is 5.72. The van der Waals surface area contributed by atoms with Crippen LogP contribution in [0.25, 0.3) is 11.3 Å². The van der Waals surface area contributed by atoms with Crippen LogP contribution in [0.3, 0.4) is 0 Å². The Hall–Kier alpha value is -0.870. The predicted octanol–water partition coefficient (Wildman–Crippen LogP) is 4.08. The number of hydrogen-bond acceptors (Lipinski definition) is 3. The minimum atomic E-state index is 0.598. The van der Waals surface area contributed by atoms with Crippen molar-refractivity contribution in [2.24, 2.45) is 0 Å². The first-order valence-corrected chi connectivity index (χ1v) is 6.60. The van der Waals surface area contributed by atoms with E-state index >= 15 is 0 Å². The van der Waals surface area contributed by atoms with Crippen LogP contribution >= 0.6 is 27.3 Å². The van der Waals surface area contributed by atoms with E-state index in [4.69, 9.17) is 5.73 Å². The molecule has 0 unspecified atom stereocenters. The van der Waals surface area contributed by atoms with Crippen molar-refractivity contribution >= 4 is 32.4 Å². The molecule has 0 bridgehead atoms. The molecule has 1 heterocycles. The number of halogens is 1. The Bertz CT molecular complexity index is 523. The molecular formula is C12H13BrN2S. The molecule has 0 saturated carbocycles. The van der Waals surface area contributed by atoms with Crippen LogP contribution in [-0.4, -0.2) is 4.98 Å². The Balaban J connectivity index is 2.69. The average Bonchev–Trinajstić information content (AvgIpc) is 2.43. The molecule has 2 N–H and O–H groups in total. The van der Waals surface area contributed by atoms with Gasteiger partial charge in [-0.3, -0.25) is 0 Å². The molecule has 0 spiro atoms. The summed E-state index contributed by atoms with van der Waals surface area (Å²) in [6.07, 6.45) is 0. The van der Waals surface area contributed by atoms with E-state index in [1.165, 1.54) is 33.6 Å². The van der Waals surface area contributed by atoms with Crippen molar-refractivity contribution in [2.45, 2.75) is 20.8 Å². The van der Waals surface area contributed by atoms with Gasteiger partial charge in [0.15, 0.2) is 5.13 Å². The van der Waals surface area contributed by atoms with Crippen LogP contribution < -0.4 is 5.73 Å². The summed E-state index contributed by atoms with van der Waals surface area (Å²) in [6.45, 7) is 6.32. The highest BCUT2D eigenvalue weighted by Gasteiger charge is 2.14. The Morgan fingerprint density at radius 3 is 2.19 bits per heavy atom. The normalized spacial score (nSPS) is 10.8. The van der Waals surface area contributed by atoms with E-state index in [9.17, 15) is 0 Å². The molecule has 84 valence electrons. The Kier molecular flexibility index (Phi) is 3.04. The molecule has 2 nitrogen and oxygen atoms in total. The van der Waals surface area contributed by atoms with Crippen molar-refractivity contribution in [2.75, 3.05) is 5.73 Å². The minimum absolute atomic E-state index is 0.598. The van der Waals surface area contributed by atoms with Crippen LogP contribution in [0.4, 0.5) is 5.13 Å². The molecule has 0 aliphatic carbocycles. The second-order valence-electron chi connectivity index (χ2n) is 3.95. The Labute approximate surface area is 108 Å². The summed E-state index contributed by atoms with van der Waals surface area (Å²) >= 11 is 4.99. The fourth-order valence-electron chi connectivity index (χ4n) is 2.02. The van der Waals surface area contributed by atoms with Crippen molar-refractivity contribution in [3.8, 4) is 11.3 Å². The average molecular weight is 297 g/mol. The van der Waals surface area contributed by atoms with Gasteiger partial charge < -0.3 is 5.73 Å². The number of nitrogens with zero attached hydrogens (tertiary/aromatic N) is 1. The van der Waals surface area contributed by atoms with E-state index in [2.05, 4.69) is 53.8 Å². The lowest BCUT2D eigenvalue weighted by Gasteiger charge is -2.09. The van der Waals surface area contributed by atoms with Gasteiger partial charge in [0.05, 0.1) is 9.48 Å². The highest BCUT2D eigenvalue weighted by molar-refractivity contribution is 9.11. The summed E-state index contributed by atoms with van der Waals surface area (Å²) in [7, 11) is 0. The number of anilines is 1. The van der Waals surface area contributed by atoms with Crippen LogP contribution in [0.15, 0.2) is 15.9 Å². The first-order chi connectivity index (χ1) is 7.49. The molecular weight excluding hydrogens is 284 g/mol. The summed E-state index contributed by atoms with van der Waals surface area (Å²) in [4.78, 5) is 4.38. The molecule has 1 aromatic carbocycles. The van der Waals surface area contributed by atoms with Crippen molar-refractivity contribution < 1.29 is 0 Å². The maximum Gasteiger partial charge on any atom is 0.181 e. The third-order valence-corrected chi connectivity index (χ3v) is 4.05. The summed E-state index contributed by atoms with van der Waals surface area (Å²) in [5.74, 6) is 0. The van der Waals surface area contributed by atoms with Crippen LogP contribution in [0.1, 0.15) is 16.7 Å². The van der Waals surface area contributed by atoms with Crippen molar-refractivity contribution in [3.63, 3.8) is 0 Å². The van der Waals surface area contributed by atoms with E-state index in [1.807, 2.05) is 0 Å². The number of aryl methyl sites for hydroxylation is 3. The largest absolute Gasteiger partial charge is 0.375 e. The first-order valence-electron chi connectivity index (χ1n) is 4.99. The standard InChI is InChI=1S/C12H13BrN2S/c1-6-4-7(2)9(8(3)5-6)10-11(13)16-12(14)15-10/h4-5H,1-3H3,(H2,14,15). The molecule has 1 aromatic heterocycles. The van der Waals surface area contributed by atoms with Crippen LogP contribution in [0.5, 0.6) is 0 Å². The van der Waals surface area contributed by atoms with Gasteiger partial charge in [-0.05, 0) is 47.8 Å². The molecule has 0 saturated heterocycles. The number of benzene rings is 1. The van der Waals surface area contributed by atoms with Gasteiger partial charge in [-0.2, -0.15) is 0 Å². The van der Waals surface area contributed by atoms with Crippen LogP contribution in [0, 0.1) is 20.8 Å². The SMILES string of the molecule is Cc1cc(C)c(-c2nc(N)sc2Br)c(C)c1. The smallest absolute Gasteiger partial charge is 0.181 e. The number of nitrogen functional groups attached to an aromatic ring is 1. The number of rotatable bonds is 1. The monoisotopic (exact) mass is 296 g/mol. The van der Waals surface area contributed by atoms with E-state index < -0.39 is 0 Å². The molecule has 0 radical (unpaired) electrons.